The lowest BCUT2D eigenvalue weighted by molar-refractivity contribution is -0.121. The molecule has 6 heteroatoms. The normalized spacial score (nSPS) is 13.5. The van der Waals surface area contributed by atoms with Crippen molar-refractivity contribution < 1.29 is 19.0 Å². The molecule has 0 spiro atoms. The Balaban J connectivity index is 1.56. The number of carbonyl (C=O) groups excluding carboxylic acids is 1. The van der Waals surface area contributed by atoms with Gasteiger partial charge in [-0.15, -0.1) is 0 Å². The monoisotopic (exact) mass is 418 g/mol. The molecule has 0 radical (unpaired) electrons. The number of rotatable bonds is 7. The minimum atomic E-state index is -0.472. The number of likely N-dealkylation sites (N-methyl/N-ethyl adjacent to an activating group) is 1. The van der Waals surface area contributed by atoms with Crippen molar-refractivity contribution in [2.45, 2.75) is 12.6 Å². The Hall–Kier alpha value is -3.51. The van der Waals surface area contributed by atoms with Crippen LogP contribution in [-0.2, 0) is 11.3 Å². The van der Waals surface area contributed by atoms with Crippen LogP contribution in [0.5, 0.6) is 17.2 Å². The molecule has 0 aromatic heterocycles. The molecule has 6 nitrogen and oxygen atoms in total. The molecule has 0 bridgehead atoms. The van der Waals surface area contributed by atoms with Gasteiger partial charge in [0.25, 0.3) is 0 Å². The Bertz CT molecular complexity index is 1040. The second-order valence-electron chi connectivity index (χ2n) is 7.43. The quantitative estimate of drug-likeness (QED) is 0.621. The van der Waals surface area contributed by atoms with Crippen LogP contribution in [0, 0.1) is 0 Å². The number of ether oxygens (including phenoxy) is 3. The predicted octanol–water partition coefficient (Wildman–Crippen LogP) is 4.28. The summed E-state index contributed by atoms with van der Waals surface area (Å²) >= 11 is 0. The lowest BCUT2D eigenvalue weighted by Gasteiger charge is -2.28. The first kappa shape index (κ1) is 20.8. The average Bonchev–Trinajstić information content (AvgIpc) is 2.80. The zero-order valence-corrected chi connectivity index (χ0v) is 17.7. The Kier molecular flexibility index (Phi) is 6.38. The number of methoxy groups -OCH3 is 1. The lowest BCUT2D eigenvalue weighted by Crippen LogP contribution is -2.34. The summed E-state index contributed by atoms with van der Waals surface area (Å²) in [6, 6.07) is 22.6. The van der Waals surface area contributed by atoms with Gasteiger partial charge < -0.3 is 19.5 Å². The predicted molar refractivity (Wildman–Crippen MR) is 120 cm³/mol. The number of fused-ring (bicyclic) bond motifs is 1. The van der Waals surface area contributed by atoms with Crippen molar-refractivity contribution in [3.8, 4) is 17.2 Å². The van der Waals surface area contributed by atoms with E-state index in [9.17, 15) is 4.79 Å². The molecule has 0 saturated heterocycles. The van der Waals surface area contributed by atoms with Crippen molar-refractivity contribution in [1.82, 2.24) is 4.90 Å². The van der Waals surface area contributed by atoms with Crippen molar-refractivity contribution in [3.05, 3.63) is 83.9 Å². The molecule has 160 valence electrons. The van der Waals surface area contributed by atoms with E-state index in [1.807, 2.05) is 78.7 Å². The average molecular weight is 418 g/mol. The molecule has 0 unspecified atom stereocenters. The highest BCUT2D eigenvalue weighted by Crippen LogP contribution is 2.32. The number of benzene rings is 3. The molecular weight excluding hydrogens is 392 g/mol. The number of carbonyl (C=O) groups is 1. The van der Waals surface area contributed by atoms with E-state index in [-0.39, 0.29) is 5.91 Å². The van der Waals surface area contributed by atoms with E-state index < -0.39 is 6.04 Å². The number of hydrogen-bond donors (Lipinski definition) is 1. The fraction of sp³-hybridized carbons (Fsp3) is 0.240. The molecule has 3 aromatic rings. The van der Waals surface area contributed by atoms with Gasteiger partial charge in [0, 0.05) is 18.3 Å². The van der Waals surface area contributed by atoms with Gasteiger partial charge in [-0.3, -0.25) is 9.69 Å². The fourth-order valence-electron chi connectivity index (χ4n) is 3.72. The van der Waals surface area contributed by atoms with Gasteiger partial charge in [-0.1, -0.05) is 42.5 Å². The zero-order chi connectivity index (χ0) is 21.6. The maximum atomic E-state index is 13.3. The largest absolute Gasteiger partial charge is 0.497 e. The summed E-state index contributed by atoms with van der Waals surface area (Å²) < 4.78 is 16.6. The van der Waals surface area contributed by atoms with Crippen LogP contribution >= 0.6 is 0 Å². The molecule has 0 saturated carbocycles. The van der Waals surface area contributed by atoms with Gasteiger partial charge in [0.05, 0.1) is 7.11 Å². The lowest BCUT2D eigenvalue weighted by atomic mass is 10.0. The number of hydrogen-bond acceptors (Lipinski definition) is 5. The molecule has 0 fully saturated rings. The molecule has 1 N–H and O–H groups in total. The number of anilines is 1. The molecule has 4 rings (SSSR count). The Morgan fingerprint density at radius 1 is 1.00 bits per heavy atom. The van der Waals surface area contributed by atoms with Crippen LogP contribution in [0.25, 0.3) is 0 Å². The molecule has 3 aromatic carbocycles. The summed E-state index contributed by atoms with van der Waals surface area (Å²) in [5.41, 5.74) is 2.66. The summed E-state index contributed by atoms with van der Waals surface area (Å²) in [6.45, 7) is 1.68. The van der Waals surface area contributed by atoms with Crippen molar-refractivity contribution in [2.75, 3.05) is 32.7 Å². The Labute approximate surface area is 182 Å². The minimum absolute atomic E-state index is 0.112. The van der Waals surface area contributed by atoms with E-state index in [0.29, 0.717) is 31.2 Å². The highest BCUT2D eigenvalue weighted by Gasteiger charge is 2.26. The minimum Gasteiger partial charge on any atom is -0.497 e. The smallest absolute Gasteiger partial charge is 0.246 e. The van der Waals surface area contributed by atoms with Crippen LogP contribution in [0.2, 0.25) is 0 Å². The van der Waals surface area contributed by atoms with E-state index in [0.717, 1.165) is 22.6 Å². The maximum Gasteiger partial charge on any atom is 0.246 e. The second-order valence-corrected chi connectivity index (χ2v) is 7.43. The number of nitrogens with zero attached hydrogens (tertiary/aromatic N) is 1. The van der Waals surface area contributed by atoms with Gasteiger partial charge in [-0.05, 0) is 42.4 Å². The first-order valence-electron chi connectivity index (χ1n) is 10.2. The molecule has 1 aliphatic heterocycles. The van der Waals surface area contributed by atoms with E-state index in [1.54, 1.807) is 13.2 Å². The summed E-state index contributed by atoms with van der Waals surface area (Å²) in [6.07, 6.45) is 0. The fourth-order valence-corrected chi connectivity index (χ4v) is 3.72. The molecule has 1 heterocycles. The van der Waals surface area contributed by atoms with E-state index >= 15 is 0 Å². The van der Waals surface area contributed by atoms with Crippen molar-refractivity contribution in [3.63, 3.8) is 0 Å². The SMILES string of the molecule is COc1cccc(NC(=O)[C@H](c2ccccc2)N(C)Cc2ccc3c(c2)OCCO3)c1. The summed E-state index contributed by atoms with van der Waals surface area (Å²) in [5, 5.41) is 3.03. The molecule has 0 aliphatic carbocycles. The van der Waals surface area contributed by atoms with Crippen LogP contribution in [0.3, 0.4) is 0 Å². The van der Waals surface area contributed by atoms with Crippen LogP contribution in [-0.4, -0.2) is 38.2 Å². The first-order chi connectivity index (χ1) is 15.1. The van der Waals surface area contributed by atoms with Crippen molar-refractivity contribution >= 4 is 11.6 Å². The van der Waals surface area contributed by atoms with Gasteiger partial charge in [0.2, 0.25) is 5.91 Å². The summed E-state index contributed by atoms with van der Waals surface area (Å²) in [4.78, 5) is 15.4. The molecule has 1 atom stereocenters. The van der Waals surface area contributed by atoms with E-state index in [1.165, 1.54) is 0 Å². The highest BCUT2D eigenvalue weighted by atomic mass is 16.6. The van der Waals surface area contributed by atoms with E-state index in [4.69, 9.17) is 14.2 Å². The van der Waals surface area contributed by atoms with Crippen LogP contribution in [0.4, 0.5) is 5.69 Å². The third-order valence-electron chi connectivity index (χ3n) is 5.18. The maximum absolute atomic E-state index is 13.3. The first-order valence-corrected chi connectivity index (χ1v) is 10.2. The topological polar surface area (TPSA) is 60.0 Å². The standard InChI is InChI=1S/C25H26N2O4/c1-27(17-18-11-12-22-23(15-18)31-14-13-30-22)24(19-7-4-3-5-8-19)25(28)26-20-9-6-10-21(16-20)29-2/h3-12,15-16,24H,13-14,17H2,1-2H3,(H,26,28)/t24-/m0/s1. The van der Waals surface area contributed by atoms with Gasteiger partial charge in [-0.25, -0.2) is 0 Å². The summed E-state index contributed by atoms with van der Waals surface area (Å²) in [7, 11) is 3.55. The van der Waals surface area contributed by atoms with Crippen LogP contribution in [0.1, 0.15) is 17.2 Å². The molecular formula is C25H26N2O4. The van der Waals surface area contributed by atoms with Crippen molar-refractivity contribution in [2.24, 2.45) is 0 Å². The van der Waals surface area contributed by atoms with Gasteiger partial charge in [0.15, 0.2) is 11.5 Å². The third kappa shape index (κ3) is 4.98. The van der Waals surface area contributed by atoms with E-state index in [2.05, 4.69) is 5.32 Å². The third-order valence-corrected chi connectivity index (χ3v) is 5.18. The summed E-state index contributed by atoms with van der Waals surface area (Å²) in [5.74, 6) is 2.08. The number of amides is 1. The molecule has 1 aliphatic rings. The zero-order valence-electron chi connectivity index (χ0n) is 17.7. The van der Waals surface area contributed by atoms with Crippen LogP contribution in [0.15, 0.2) is 72.8 Å². The van der Waals surface area contributed by atoms with Crippen LogP contribution < -0.4 is 19.5 Å². The Morgan fingerprint density at radius 3 is 2.55 bits per heavy atom. The van der Waals surface area contributed by atoms with Gasteiger partial charge in [0.1, 0.15) is 25.0 Å². The highest BCUT2D eigenvalue weighted by molar-refractivity contribution is 5.95. The van der Waals surface area contributed by atoms with Gasteiger partial charge in [-0.2, -0.15) is 0 Å². The van der Waals surface area contributed by atoms with Crippen molar-refractivity contribution in [1.29, 1.82) is 0 Å². The second kappa shape index (κ2) is 9.53. The molecule has 31 heavy (non-hydrogen) atoms. The number of nitrogens with one attached hydrogen (secondary N) is 1. The molecule has 1 amide bonds. The van der Waals surface area contributed by atoms with Gasteiger partial charge >= 0.3 is 0 Å². The Morgan fingerprint density at radius 2 is 1.77 bits per heavy atom.